The maximum Gasteiger partial charge on any atom is 0.0719 e. The third-order valence-electron chi connectivity index (χ3n) is 1.42. The summed E-state index contributed by atoms with van der Waals surface area (Å²) in [4.78, 5) is 4.44. The Morgan fingerprint density at radius 1 is 1.27 bits per heavy atom. The highest BCUT2D eigenvalue weighted by Gasteiger charge is 1.91. The molecule has 0 heterocycles. The molecule has 2 nitrogen and oxygen atoms in total. The molecule has 0 saturated carbocycles. The van der Waals surface area contributed by atoms with Gasteiger partial charge < -0.3 is 4.84 Å². The van der Waals surface area contributed by atoms with E-state index in [1.54, 1.807) is 0 Å². The van der Waals surface area contributed by atoms with Crippen LogP contribution in [0.5, 0.6) is 0 Å². The summed E-state index contributed by atoms with van der Waals surface area (Å²) in [6.45, 7) is 0.543. The molecule has 11 heavy (non-hydrogen) atoms. The molecule has 1 aromatic rings. The zero-order valence-electron chi connectivity index (χ0n) is 6.09. The van der Waals surface area contributed by atoms with Crippen LogP contribution < -0.4 is 5.90 Å². The molecule has 0 atom stereocenters. The second-order valence-electron chi connectivity index (χ2n) is 2.25. The molecule has 0 aliphatic heterocycles. The summed E-state index contributed by atoms with van der Waals surface area (Å²) in [5.41, 5.74) is 1.18. The predicted molar refractivity (Wildman–Crippen MR) is 45.3 cm³/mol. The molecule has 60 valence electrons. The molecule has 0 aromatic heterocycles. The summed E-state index contributed by atoms with van der Waals surface area (Å²) >= 11 is 5.69. The minimum Gasteiger partial charge on any atom is -0.304 e. The Hall–Kier alpha value is -0.570. The fourth-order valence-corrected chi connectivity index (χ4v) is 0.954. The van der Waals surface area contributed by atoms with Gasteiger partial charge in [-0.3, -0.25) is 0 Å². The van der Waals surface area contributed by atoms with Gasteiger partial charge >= 0.3 is 0 Å². The van der Waals surface area contributed by atoms with Gasteiger partial charge in [0.25, 0.3) is 0 Å². The van der Waals surface area contributed by atoms with Gasteiger partial charge in [0.05, 0.1) is 6.61 Å². The Balaban J connectivity index is 2.52. The lowest BCUT2D eigenvalue weighted by Gasteiger charge is -1.98. The topological polar surface area (TPSA) is 35.2 Å². The summed E-state index contributed by atoms with van der Waals surface area (Å²) in [6, 6.07) is 7.63. The van der Waals surface area contributed by atoms with Crippen molar-refractivity contribution in [3.8, 4) is 0 Å². The van der Waals surface area contributed by atoms with Crippen molar-refractivity contribution in [2.75, 3.05) is 6.61 Å². The summed E-state index contributed by atoms with van der Waals surface area (Å²) in [7, 11) is 0. The van der Waals surface area contributed by atoms with E-state index in [1.165, 1.54) is 5.56 Å². The number of benzene rings is 1. The van der Waals surface area contributed by atoms with Crippen LogP contribution in [0.4, 0.5) is 0 Å². The van der Waals surface area contributed by atoms with Gasteiger partial charge in [0.2, 0.25) is 0 Å². The van der Waals surface area contributed by atoms with Crippen molar-refractivity contribution in [3.05, 3.63) is 34.9 Å². The third-order valence-corrected chi connectivity index (χ3v) is 1.67. The van der Waals surface area contributed by atoms with E-state index in [0.717, 1.165) is 11.4 Å². The van der Waals surface area contributed by atoms with E-state index in [2.05, 4.69) is 4.84 Å². The monoisotopic (exact) mass is 171 g/mol. The van der Waals surface area contributed by atoms with Crippen LogP contribution in [0.2, 0.25) is 5.02 Å². The third kappa shape index (κ3) is 2.89. The van der Waals surface area contributed by atoms with E-state index in [0.29, 0.717) is 6.61 Å². The Morgan fingerprint density at radius 2 is 1.91 bits per heavy atom. The molecule has 0 spiro atoms. The van der Waals surface area contributed by atoms with Gasteiger partial charge in [0.1, 0.15) is 0 Å². The van der Waals surface area contributed by atoms with Gasteiger partial charge in [-0.05, 0) is 24.1 Å². The largest absolute Gasteiger partial charge is 0.304 e. The molecule has 2 N–H and O–H groups in total. The fourth-order valence-electron chi connectivity index (χ4n) is 0.828. The van der Waals surface area contributed by atoms with Gasteiger partial charge in [0.15, 0.2) is 0 Å². The van der Waals surface area contributed by atoms with Gasteiger partial charge in [-0.15, -0.1) is 0 Å². The lowest BCUT2D eigenvalue weighted by atomic mass is 10.2. The van der Waals surface area contributed by atoms with Crippen LogP contribution in [-0.4, -0.2) is 6.61 Å². The van der Waals surface area contributed by atoms with Crippen LogP contribution in [0.1, 0.15) is 5.56 Å². The maximum atomic E-state index is 5.69. The van der Waals surface area contributed by atoms with Crippen molar-refractivity contribution in [2.24, 2.45) is 5.90 Å². The van der Waals surface area contributed by atoms with Crippen molar-refractivity contribution in [1.29, 1.82) is 0 Å². The minimum atomic E-state index is 0.543. The molecule has 0 unspecified atom stereocenters. The summed E-state index contributed by atoms with van der Waals surface area (Å²) in [5.74, 6) is 4.88. The van der Waals surface area contributed by atoms with Crippen LogP contribution in [0.25, 0.3) is 0 Å². The molecular weight excluding hydrogens is 162 g/mol. The number of halogens is 1. The molecule has 0 radical (unpaired) electrons. The number of hydrogen-bond donors (Lipinski definition) is 1. The van der Waals surface area contributed by atoms with E-state index >= 15 is 0 Å². The van der Waals surface area contributed by atoms with Crippen molar-refractivity contribution in [1.82, 2.24) is 0 Å². The lowest BCUT2D eigenvalue weighted by Crippen LogP contribution is -2.03. The van der Waals surface area contributed by atoms with Gasteiger partial charge in [0, 0.05) is 5.02 Å². The molecule has 3 heteroatoms. The highest BCUT2D eigenvalue weighted by atomic mass is 35.5. The molecule has 0 saturated heterocycles. The Bertz CT molecular complexity index is 210. The first kappa shape index (κ1) is 8.53. The van der Waals surface area contributed by atoms with E-state index in [-0.39, 0.29) is 0 Å². The molecule has 0 bridgehead atoms. The number of hydrogen-bond acceptors (Lipinski definition) is 2. The maximum absolute atomic E-state index is 5.69. The van der Waals surface area contributed by atoms with Crippen molar-refractivity contribution >= 4 is 11.6 Å². The van der Waals surface area contributed by atoms with Gasteiger partial charge in [-0.25, -0.2) is 5.90 Å². The first-order chi connectivity index (χ1) is 5.33. The average Bonchev–Trinajstić information content (AvgIpc) is 2.04. The summed E-state index contributed by atoms with van der Waals surface area (Å²) in [5, 5.41) is 0.752. The van der Waals surface area contributed by atoms with Crippen molar-refractivity contribution < 1.29 is 4.84 Å². The first-order valence-corrected chi connectivity index (χ1v) is 3.77. The Morgan fingerprint density at radius 3 is 2.45 bits per heavy atom. The lowest BCUT2D eigenvalue weighted by molar-refractivity contribution is 0.141. The smallest absolute Gasteiger partial charge is 0.0719 e. The second kappa shape index (κ2) is 4.34. The molecule has 0 aliphatic rings. The average molecular weight is 172 g/mol. The Labute approximate surface area is 70.9 Å². The highest BCUT2D eigenvalue weighted by Crippen LogP contribution is 2.09. The molecule has 1 aromatic carbocycles. The van der Waals surface area contributed by atoms with Crippen LogP contribution in [0.3, 0.4) is 0 Å². The van der Waals surface area contributed by atoms with E-state index < -0.39 is 0 Å². The normalized spacial score (nSPS) is 10.0. The van der Waals surface area contributed by atoms with Crippen LogP contribution >= 0.6 is 11.6 Å². The van der Waals surface area contributed by atoms with E-state index in [1.807, 2.05) is 24.3 Å². The molecular formula is C8H10ClNO. The number of nitrogens with two attached hydrogens (primary N) is 1. The minimum absolute atomic E-state index is 0.543. The second-order valence-corrected chi connectivity index (χ2v) is 2.68. The fraction of sp³-hybridized carbons (Fsp3) is 0.250. The molecule has 0 amide bonds. The summed E-state index contributed by atoms with van der Waals surface area (Å²) in [6.07, 6.45) is 0.827. The van der Waals surface area contributed by atoms with Gasteiger partial charge in [-0.2, -0.15) is 0 Å². The van der Waals surface area contributed by atoms with Gasteiger partial charge in [-0.1, -0.05) is 23.7 Å². The molecule has 1 rings (SSSR count). The van der Waals surface area contributed by atoms with Crippen LogP contribution in [-0.2, 0) is 11.3 Å². The van der Waals surface area contributed by atoms with E-state index in [4.69, 9.17) is 17.5 Å². The molecule has 0 aliphatic carbocycles. The van der Waals surface area contributed by atoms with Crippen molar-refractivity contribution in [3.63, 3.8) is 0 Å². The quantitative estimate of drug-likeness (QED) is 0.704. The number of rotatable bonds is 3. The van der Waals surface area contributed by atoms with Crippen molar-refractivity contribution in [2.45, 2.75) is 6.42 Å². The zero-order valence-corrected chi connectivity index (χ0v) is 6.84. The first-order valence-electron chi connectivity index (χ1n) is 3.39. The highest BCUT2D eigenvalue weighted by molar-refractivity contribution is 6.30. The van der Waals surface area contributed by atoms with E-state index in [9.17, 15) is 0 Å². The molecule has 0 fully saturated rings. The SMILES string of the molecule is NOCCc1ccc(Cl)cc1. The zero-order chi connectivity index (χ0) is 8.10. The predicted octanol–water partition coefficient (Wildman–Crippen LogP) is 1.77. The standard InChI is InChI=1S/C8H10ClNO/c9-8-3-1-7(2-4-8)5-6-11-10/h1-4H,5-6,10H2. The Kier molecular flexibility index (Phi) is 3.36. The summed E-state index contributed by atoms with van der Waals surface area (Å²) < 4.78 is 0. The van der Waals surface area contributed by atoms with Crippen LogP contribution in [0, 0.1) is 0 Å². The van der Waals surface area contributed by atoms with Crippen LogP contribution in [0.15, 0.2) is 24.3 Å².